The van der Waals surface area contributed by atoms with Crippen molar-refractivity contribution in [2.75, 3.05) is 6.54 Å². The molecule has 1 heterocycles. The molecule has 1 aromatic rings. The third-order valence-corrected chi connectivity index (χ3v) is 4.75. The van der Waals surface area contributed by atoms with E-state index in [1.807, 2.05) is 13.8 Å². The first kappa shape index (κ1) is 16.5. The third-order valence-electron chi connectivity index (χ3n) is 3.52. The van der Waals surface area contributed by atoms with E-state index in [0.29, 0.717) is 6.54 Å². The van der Waals surface area contributed by atoms with Gasteiger partial charge in [-0.2, -0.15) is 0 Å². The zero-order valence-corrected chi connectivity index (χ0v) is 13.4. The number of hydrogen-bond acceptors (Lipinski definition) is 3. The van der Waals surface area contributed by atoms with Crippen LogP contribution in [0.4, 0.5) is 0 Å². The summed E-state index contributed by atoms with van der Waals surface area (Å²) in [5, 5.41) is 2.99. The molecule has 0 aliphatic heterocycles. The van der Waals surface area contributed by atoms with E-state index in [1.165, 1.54) is 16.9 Å². The lowest BCUT2D eigenvalue weighted by Crippen LogP contribution is -2.48. The Hall–Kier alpha value is -0.580. The zero-order valence-electron chi connectivity index (χ0n) is 11.8. The average Bonchev–Trinajstić information content (AvgIpc) is 2.71. The van der Waals surface area contributed by atoms with Gasteiger partial charge in [-0.05, 0) is 50.7 Å². The summed E-state index contributed by atoms with van der Waals surface area (Å²) < 4.78 is 0. The van der Waals surface area contributed by atoms with Gasteiger partial charge in [0.2, 0.25) is 0 Å². The summed E-state index contributed by atoms with van der Waals surface area (Å²) in [6, 6.07) is 2.07. The minimum Gasteiger partial charge on any atom is -0.345 e. The Labute approximate surface area is 125 Å². The Morgan fingerprint density at radius 2 is 2.26 bits per heavy atom. The minimum absolute atomic E-state index is 0. The molecular formula is C14H23ClN2OS. The molecule has 0 saturated heterocycles. The highest BCUT2D eigenvalue weighted by atomic mass is 35.5. The summed E-state index contributed by atoms with van der Waals surface area (Å²) in [5.41, 5.74) is 6.67. The van der Waals surface area contributed by atoms with Gasteiger partial charge in [0.1, 0.15) is 0 Å². The van der Waals surface area contributed by atoms with Gasteiger partial charge in [-0.1, -0.05) is 6.92 Å². The van der Waals surface area contributed by atoms with Crippen LogP contribution in [0.1, 0.15) is 47.3 Å². The topological polar surface area (TPSA) is 55.1 Å². The number of carbonyl (C=O) groups excluding carboxylic acids is 1. The average molecular weight is 303 g/mol. The van der Waals surface area contributed by atoms with Crippen molar-refractivity contribution in [3.05, 3.63) is 21.4 Å². The lowest BCUT2D eigenvalue weighted by atomic mass is 9.90. The first-order valence-electron chi connectivity index (χ1n) is 6.55. The molecule has 3 nitrogen and oxygen atoms in total. The van der Waals surface area contributed by atoms with Crippen LogP contribution in [0.2, 0.25) is 0 Å². The molecule has 3 N–H and O–H groups in total. The number of aryl methyl sites for hydroxylation is 1. The summed E-state index contributed by atoms with van der Waals surface area (Å²) in [7, 11) is 0. The van der Waals surface area contributed by atoms with Gasteiger partial charge in [0.05, 0.1) is 4.88 Å². The standard InChI is InChI=1S/C14H22N2OS.ClH/c1-9-4-5-11-10(6-9)7-12(18-11)13(17)16-14(2,3)8-15;/h7,9H,4-6,8,15H2,1-3H3,(H,16,17);1H. The lowest BCUT2D eigenvalue weighted by molar-refractivity contribution is 0.0920. The number of fused-ring (bicyclic) bond motifs is 1. The molecule has 0 fully saturated rings. The van der Waals surface area contributed by atoms with Crippen molar-refractivity contribution < 1.29 is 4.79 Å². The highest BCUT2D eigenvalue weighted by molar-refractivity contribution is 7.14. The maximum absolute atomic E-state index is 12.2. The van der Waals surface area contributed by atoms with Crippen LogP contribution in [0.3, 0.4) is 0 Å². The molecule has 1 aromatic heterocycles. The summed E-state index contributed by atoms with van der Waals surface area (Å²) >= 11 is 1.64. The lowest BCUT2D eigenvalue weighted by Gasteiger charge is -2.23. The predicted molar refractivity (Wildman–Crippen MR) is 83.4 cm³/mol. The van der Waals surface area contributed by atoms with Crippen LogP contribution in [-0.4, -0.2) is 18.0 Å². The van der Waals surface area contributed by atoms with Gasteiger partial charge in [-0.3, -0.25) is 4.79 Å². The van der Waals surface area contributed by atoms with Crippen LogP contribution >= 0.6 is 23.7 Å². The highest BCUT2D eigenvalue weighted by Crippen LogP contribution is 2.32. The molecule has 1 aliphatic carbocycles. The Bertz CT molecular complexity index is 456. The zero-order chi connectivity index (χ0) is 13.3. The monoisotopic (exact) mass is 302 g/mol. The summed E-state index contributed by atoms with van der Waals surface area (Å²) in [6.45, 7) is 6.61. The van der Waals surface area contributed by atoms with Crippen molar-refractivity contribution in [3.8, 4) is 0 Å². The molecule has 1 atom stereocenters. The van der Waals surface area contributed by atoms with Gasteiger partial charge in [0.15, 0.2) is 0 Å². The Balaban J connectivity index is 0.00000180. The van der Waals surface area contributed by atoms with Gasteiger partial charge in [0, 0.05) is 17.0 Å². The molecular weight excluding hydrogens is 280 g/mol. The van der Waals surface area contributed by atoms with Gasteiger partial charge in [-0.25, -0.2) is 0 Å². The molecule has 2 rings (SSSR count). The maximum atomic E-state index is 12.2. The molecule has 1 amide bonds. The Kier molecular flexibility index (Phi) is 5.42. The molecule has 0 aromatic carbocycles. The number of halogens is 1. The molecule has 0 radical (unpaired) electrons. The molecule has 5 heteroatoms. The number of carbonyl (C=O) groups is 1. The maximum Gasteiger partial charge on any atom is 0.261 e. The molecule has 0 saturated carbocycles. The quantitative estimate of drug-likeness (QED) is 0.902. The van der Waals surface area contributed by atoms with E-state index < -0.39 is 0 Å². The van der Waals surface area contributed by atoms with E-state index >= 15 is 0 Å². The fraction of sp³-hybridized carbons (Fsp3) is 0.643. The number of hydrogen-bond donors (Lipinski definition) is 2. The third kappa shape index (κ3) is 3.94. The number of rotatable bonds is 3. The van der Waals surface area contributed by atoms with Gasteiger partial charge >= 0.3 is 0 Å². The first-order chi connectivity index (χ1) is 8.41. The van der Waals surface area contributed by atoms with E-state index in [9.17, 15) is 4.79 Å². The second-order valence-electron chi connectivity index (χ2n) is 5.95. The Morgan fingerprint density at radius 1 is 1.58 bits per heavy atom. The largest absolute Gasteiger partial charge is 0.345 e. The molecule has 0 bridgehead atoms. The van der Waals surface area contributed by atoms with Gasteiger partial charge in [-0.15, -0.1) is 23.7 Å². The molecule has 1 aliphatic rings. The van der Waals surface area contributed by atoms with E-state index in [-0.39, 0.29) is 23.9 Å². The van der Waals surface area contributed by atoms with Crippen LogP contribution in [0, 0.1) is 5.92 Å². The normalized spacial score (nSPS) is 18.4. The molecule has 1 unspecified atom stereocenters. The Morgan fingerprint density at radius 3 is 2.89 bits per heavy atom. The SMILES string of the molecule is CC1CCc2sc(C(=O)NC(C)(C)CN)cc2C1.Cl. The second-order valence-corrected chi connectivity index (χ2v) is 7.09. The second kappa shape index (κ2) is 6.25. The number of nitrogens with two attached hydrogens (primary N) is 1. The van der Waals surface area contributed by atoms with Crippen molar-refractivity contribution in [1.29, 1.82) is 0 Å². The molecule has 0 spiro atoms. The fourth-order valence-electron chi connectivity index (χ4n) is 2.24. The fourth-order valence-corrected chi connectivity index (χ4v) is 3.34. The molecule has 108 valence electrons. The van der Waals surface area contributed by atoms with E-state index in [2.05, 4.69) is 18.3 Å². The molecule has 19 heavy (non-hydrogen) atoms. The highest BCUT2D eigenvalue weighted by Gasteiger charge is 2.24. The van der Waals surface area contributed by atoms with E-state index in [1.54, 1.807) is 11.3 Å². The van der Waals surface area contributed by atoms with Crippen molar-refractivity contribution in [2.24, 2.45) is 11.7 Å². The smallest absolute Gasteiger partial charge is 0.261 e. The predicted octanol–water partition coefficient (Wildman–Crippen LogP) is 2.76. The van der Waals surface area contributed by atoms with E-state index in [0.717, 1.165) is 23.6 Å². The van der Waals surface area contributed by atoms with Crippen molar-refractivity contribution in [1.82, 2.24) is 5.32 Å². The van der Waals surface area contributed by atoms with Crippen LogP contribution in [-0.2, 0) is 12.8 Å². The summed E-state index contributed by atoms with van der Waals surface area (Å²) in [4.78, 5) is 14.4. The van der Waals surface area contributed by atoms with Gasteiger partial charge in [0.25, 0.3) is 5.91 Å². The minimum atomic E-state index is -0.338. The van der Waals surface area contributed by atoms with Gasteiger partial charge < -0.3 is 11.1 Å². The van der Waals surface area contributed by atoms with Crippen LogP contribution in [0.25, 0.3) is 0 Å². The van der Waals surface area contributed by atoms with Crippen molar-refractivity contribution >= 4 is 29.7 Å². The number of thiophene rings is 1. The van der Waals surface area contributed by atoms with Crippen LogP contribution < -0.4 is 11.1 Å². The van der Waals surface area contributed by atoms with E-state index in [4.69, 9.17) is 5.73 Å². The van der Waals surface area contributed by atoms with Crippen molar-refractivity contribution in [3.63, 3.8) is 0 Å². The van der Waals surface area contributed by atoms with Crippen LogP contribution in [0.5, 0.6) is 0 Å². The van der Waals surface area contributed by atoms with Crippen LogP contribution in [0.15, 0.2) is 6.07 Å². The summed E-state index contributed by atoms with van der Waals surface area (Å²) in [5.74, 6) is 0.751. The van der Waals surface area contributed by atoms with Crippen molar-refractivity contribution in [2.45, 2.75) is 45.6 Å². The number of nitrogens with one attached hydrogen (secondary N) is 1. The number of amides is 1. The first-order valence-corrected chi connectivity index (χ1v) is 7.37. The summed E-state index contributed by atoms with van der Waals surface area (Å²) in [6.07, 6.45) is 3.47.